The summed E-state index contributed by atoms with van der Waals surface area (Å²) in [7, 11) is 0. The van der Waals surface area contributed by atoms with Crippen LogP contribution in [0.3, 0.4) is 0 Å². The molecule has 0 fully saturated rings. The van der Waals surface area contributed by atoms with Crippen LogP contribution in [0, 0.1) is 6.92 Å². The Kier molecular flexibility index (Phi) is 3.25. The van der Waals surface area contributed by atoms with E-state index in [0.717, 1.165) is 24.1 Å². The van der Waals surface area contributed by atoms with Crippen molar-refractivity contribution in [2.45, 2.75) is 32.7 Å². The molecule has 13 heavy (non-hydrogen) atoms. The molecule has 1 aromatic heterocycles. The molecule has 1 atom stereocenters. The maximum atomic E-state index is 5.98. The van der Waals surface area contributed by atoms with Crippen LogP contribution >= 0.6 is 0 Å². The molecule has 0 aliphatic carbocycles. The predicted molar refractivity (Wildman–Crippen MR) is 55.2 cm³/mol. The van der Waals surface area contributed by atoms with Crippen LogP contribution < -0.4 is 11.5 Å². The van der Waals surface area contributed by atoms with E-state index in [1.807, 2.05) is 13.0 Å². The normalized spacial score (nSPS) is 12.8. The SMILES string of the molecule is CCCC(N)c1ccc(N)nc1C. The highest BCUT2D eigenvalue weighted by Crippen LogP contribution is 2.18. The van der Waals surface area contributed by atoms with Gasteiger partial charge in [0.05, 0.1) is 0 Å². The zero-order valence-electron chi connectivity index (χ0n) is 8.25. The van der Waals surface area contributed by atoms with Crippen molar-refractivity contribution in [2.24, 2.45) is 5.73 Å². The molecule has 72 valence electrons. The van der Waals surface area contributed by atoms with Crippen molar-refractivity contribution < 1.29 is 0 Å². The molecule has 0 radical (unpaired) electrons. The molecule has 3 nitrogen and oxygen atoms in total. The van der Waals surface area contributed by atoms with Crippen molar-refractivity contribution in [2.75, 3.05) is 5.73 Å². The molecule has 0 amide bonds. The Morgan fingerprint density at radius 2 is 2.15 bits per heavy atom. The number of pyridine rings is 1. The van der Waals surface area contributed by atoms with Crippen molar-refractivity contribution in [1.29, 1.82) is 0 Å². The molecular formula is C10H17N3. The van der Waals surface area contributed by atoms with Crippen molar-refractivity contribution >= 4 is 5.82 Å². The van der Waals surface area contributed by atoms with Crippen molar-refractivity contribution in [3.05, 3.63) is 23.4 Å². The summed E-state index contributed by atoms with van der Waals surface area (Å²) in [4.78, 5) is 4.17. The van der Waals surface area contributed by atoms with E-state index < -0.39 is 0 Å². The van der Waals surface area contributed by atoms with E-state index in [1.54, 1.807) is 6.07 Å². The molecular weight excluding hydrogens is 162 g/mol. The summed E-state index contributed by atoms with van der Waals surface area (Å²) in [6, 6.07) is 3.87. The van der Waals surface area contributed by atoms with E-state index in [0.29, 0.717) is 5.82 Å². The number of anilines is 1. The first-order valence-corrected chi connectivity index (χ1v) is 4.63. The quantitative estimate of drug-likeness (QED) is 0.743. The van der Waals surface area contributed by atoms with Gasteiger partial charge in [-0.25, -0.2) is 4.98 Å². The Morgan fingerprint density at radius 1 is 1.46 bits per heavy atom. The van der Waals surface area contributed by atoms with Crippen LogP contribution in [0.4, 0.5) is 5.82 Å². The number of nitrogens with zero attached hydrogens (tertiary/aromatic N) is 1. The van der Waals surface area contributed by atoms with Crippen LogP contribution in [0.5, 0.6) is 0 Å². The Hall–Kier alpha value is -1.09. The second-order valence-electron chi connectivity index (χ2n) is 3.31. The van der Waals surface area contributed by atoms with Crippen LogP contribution in [0.15, 0.2) is 12.1 Å². The zero-order chi connectivity index (χ0) is 9.84. The number of nitrogens with two attached hydrogens (primary N) is 2. The van der Waals surface area contributed by atoms with Crippen LogP contribution in [0.1, 0.15) is 37.1 Å². The lowest BCUT2D eigenvalue weighted by atomic mass is 10.0. The summed E-state index contributed by atoms with van der Waals surface area (Å²) < 4.78 is 0. The highest BCUT2D eigenvalue weighted by atomic mass is 14.8. The van der Waals surface area contributed by atoms with Gasteiger partial charge in [-0.05, 0) is 25.0 Å². The van der Waals surface area contributed by atoms with Crippen LogP contribution in [-0.4, -0.2) is 4.98 Å². The Balaban J connectivity index is 2.88. The molecule has 0 aliphatic rings. The predicted octanol–water partition coefficient (Wildman–Crippen LogP) is 1.77. The van der Waals surface area contributed by atoms with Crippen LogP contribution in [0.2, 0.25) is 0 Å². The van der Waals surface area contributed by atoms with E-state index in [2.05, 4.69) is 11.9 Å². The van der Waals surface area contributed by atoms with Gasteiger partial charge in [-0.1, -0.05) is 19.4 Å². The van der Waals surface area contributed by atoms with Gasteiger partial charge in [-0.2, -0.15) is 0 Å². The minimum absolute atomic E-state index is 0.0955. The minimum atomic E-state index is 0.0955. The van der Waals surface area contributed by atoms with Gasteiger partial charge in [0.15, 0.2) is 0 Å². The summed E-state index contributed by atoms with van der Waals surface area (Å²) >= 11 is 0. The minimum Gasteiger partial charge on any atom is -0.384 e. The first-order valence-electron chi connectivity index (χ1n) is 4.63. The van der Waals surface area contributed by atoms with Gasteiger partial charge in [0.1, 0.15) is 5.82 Å². The largest absolute Gasteiger partial charge is 0.384 e. The fraction of sp³-hybridized carbons (Fsp3) is 0.500. The molecule has 1 unspecified atom stereocenters. The number of hydrogen-bond donors (Lipinski definition) is 2. The molecule has 0 aliphatic heterocycles. The van der Waals surface area contributed by atoms with Crippen molar-refractivity contribution in [1.82, 2.24) is 4.98 Å². The fourth-order valence-electron chi connectivity index (χ4n) is 1.45. The average Bonchev–Trinajstić information content (AvgIpc) is 2.04. The van der Waals surface area contributed by atoms with Crippen molar-refractivity contribution in [3.63, 3.8) is 0 Å². The van der Waals surface area contributed by atoms with Gasteiger partial charge in [0.2, 0.25) is 0 Å². The van der Waals surface area contributed by atoms with E-state index in [9.17, 15) is 0 Å². The van der Waals surface area contributed by atoms with Gasteiger partial charge in [-0.3, -0.25) is 0 Å². The van der Waals surface area contributed by atoms with Gasteiger partial charge < -0.3 is 11.5 Å². The summed E-state index contributed by atoms with van der Waals surface area (Å²) in [6.45, 7) is 4.07. The second kappa shape index (κ2) is 4.23. The third-order valence-electron chi connectivity index (χ3n) is 2.15. The highest BCUT2D eigenvalue weighted by Gasteiger charge is 2.08. The number of aromatic nitrogens is 1. The first kappa shape index (κ1) is 9.99. The van der Waals surface area contributed by atoms with Gasteiger partial charge >= 0.3 is 0 Å². The molecule has 1 heterocycles. The maximum absolute atomic E-state index is 5.98. The Labute approximate surface area is 79.2 Å². The molecule has 4 N–H and O–H groups in total. The van der Waals surface area contributed by atoms with E-state index in [-0.39, 0.29) is 6.04 Å². The summed E-state index contributed by atoms with van der Waals surface area (Å²) in [5.74, 6) is 0.560. The van der Waals surface area contributed by atoms with E-state index in [4.69, 9.17) is 11.5 Å². The summed E-state index contributed by atoms with van der Waals surface area (Å²) in [5, 5.41) is 0. The molecule has 0 aromatic carbocycles. The van der Waals surface area contributed by atoms with Gasteiger partial charge in [-0.15, -0.1) is 0 Å². The van der Waals surface area contributed by atoms with Crippen LogP contribution in [-0.2, 0) is 0 Å². The number of aryl methyl sites for hydroxylation is 1. The standard InChI is InChI=1S/C10H17N3/c1-3-4-9(11)8-5-6-10(12)13-7(8)2/h5-6,9H,3-4,11H2,1-2H3,(H2,12,13). The average molecular weight is 179 g/mol. The van der Waals surface area contributed by atoms with Gasteiger partial charge in [0.25, 0.3) is 0 Å². The van der Waals surface area contributed by atoms with Gasteiger partial charge in [0, 0.05) is 11.7 Å². The third kappa shape index (κ3) is 2.42. The van der Waals surface area contributed by atoms with E-state index in [1.165, 1.54) is 0 Å². The Morgan fingerprint density at radius 3 is 2.69 bits per heavy atom. The number of hydrogen-bond acceptors (Lipinski definition) is 3. The summed E-state index contributed by atoms with van der Waals surface area (Å²) in [5.41, 5.74) is 13.6. The third-order valence-corrected chi connectivity index (χ3v) is 2.15. The lowest BCUT2D eigenvalue weighted by Gasteiger charge is -2.12. The molecule has 0 saturated carbocycles. The first-order chi connectivity index (χ1) is 6.15. The number of nitrogen functional groups attached to an aromatic ring is 1. The maximum Gasteiger partial charge on any atom is 0.123 e. The molecule has 1 rings (SSSR count). The second-order valence-corrected chi connectivity index (χ2v) is 3.31. The molecule has 1 aromatic rings. The fourth-order valence-corrected chi connectivity index (χ4v) is 1.45. The van der Waals surface area contributed by atoms with Crippen molar-refractivity contribution in [3.8, 4) is 0 Å². The monoisotopic (exact) mass is 179 g/mol. The Bertz CT molecular complexity index is 283. The molecule has 3 heteroatoms. The molecule has 0 spiro atoms. The van der Waals surface area contributed by atoms with E-state index >= 15 is 0 Å². The molecule has 0 bridgehead atoms. The topological polar surface area (TPSA) is 64.9 Å². The number of rotatable bonds is 3. The zero-order valence-corrected chi connectivity index (χ0v) is 8.25. The lowest BCUT2D eigenvalue weighted by Crippen LogP contribution is -2.12. The molecule has 0 saturated heterocycles. The highest BCUT2D eigenvalue weighted by molar-refractivity contribution is 5.35. The smallest absolute Gasteiger partial charge is 0.123 e. The summed E-state index contributed by atoms with van der Waals surface area (Å²) in [6.07, 6.45) is 2.08. The lowest BCUT2D eigenvalue weighted by molar-refractivity contribution is 0.632. The van der Waals surface area contributed by atoms with Crippen LogP contribution in [0.25, 0.3) is 0 Å².